The third-order valence-electron chi connectivity index (χ3n) is 1.68. The average molecular weight is 214 g/mol. The smallest absolute Gasteiger partial charge is 0.344 e. The lowest BCUT2D eigenvalue weighted by molar-refractivity contribution is -0.156. The van der Waals surface area contributed by atoms with Crippen molar-refractivity contribution in [1.82, 2.24) is 0 Å². The maximum absolute atomic E-state index is 11.0. The van der Waals surface area contributed by atoms with Crippen LogP contribution in [-0.4, -0.2) is 25.2 Å². The molecule has 4 heteroatoms. The fraction of sp³-hybridized carbons (Fsp3) is 0.636. The van der Waals surface area contributed by atoms with Gasteiger partial charge in [0, 0.05) is 5.57 Å². The largest absolute Gasteiger partial charge is 0.463 e. The molecule has 0 aromatic rings. The van der Waals surface area contributed by atoms with Crippen molar-refractivity contribution in [2.75, 3.05) is 13.2 Å². The Balaban J connectivity index is 3.49. The van der Waals surface area contributed by atoms with E-state index in [9.17, 15) is 9.59 Å². The Morgan fingerprint density at radius 2 is 1.87 bits per heavy atom. The maximum Gasteiger partial charge on any atom is 0.344 e. The van der Waals surface area contributed by atoms with Crippen molar-refractivity contribution in [3.05, 3.63) is 12.2 Å². The van der Waals surface area contributed by atoms with Gasteiger partial charge in [-0.15, -0.1) is 0 Å². The van der Waals surface area contributed by atoms with Gasteiger partial charge in [0.25, 0.3) is 0 Å². The molecule has 0 bridgehead atoms. The fourth-order valence-electron chi connectivity index (χ4n) is 0.827. The van der Waals surface area contributed by atoms with Crippen LogP contribution >= 0.6 is 0 Å². The molecular weight excluding hydrogens is 196 g/mol. The lowest BCUT2D eigenvalue weighted by atomic mass is 10.3. The van der Waals surface area contributed by atoms with Crippen LogP contribution in [0.5, 0.6) is 0 Å². The van der Waals surface area contributed by atoms with Crippen molar-refractivity contribution in [2.45, 2.75) is 33.1 Å². The molecule has 0 unspecified atom stereocenters. The van der Waals surface area contributed by atoms with Crippen molar-refractivity contribution in [3.8, 4) is 0 Å². The van der Waals surface area contributed by atoms with E-state index in [0.717, 1.165) is 19.3 Å². The summed E-state index contributed by atoms with van der Waals surface area (Å²) in [5, 5.41) is 0. The summed E-state index contributed by atoms with van der Waals surface area (Å²) in [5.74, 6) is -1.08. The molecule has 0 aromatic carbocycles. The monoisotopic (exact) mass is 214 g/mol. The highest BCUT2D eigenvalue weighted by Gasteiger charge is 2.08. The van der Waals surface area contributed by atoms with Gasteiger partial charge in [-0.05, 0) is 13.3 Å². The second-order valence-corrected chi connectivity index (χ2v) is 3.28. The minimum absolute atomic E-state index is 0.272. The fourth-order valence-corrected chi connectivity index (χ4v) is 0.827. The quantitative estimate of drug-likeness (QED) is 0.368. The number of esters is 2. The van der Waals surface area contributed by atoms with Gasteiger partial charge in [0.05, 0.1) is 6.61 Å². The van der Waals surface area contributed by atoms with Gasteiger partial charge in [-0.2, -0.15) is 0 Å². The lowest BCUT2D eigenvalue weighted by Gasteiger charge is -2.05. The van der Waals surface area contributed by atoms with Crippen LogP contribution in [0.1, 0.15) is 33.1 Å². The first-order chi connectivity index (χ1) is 7.07. The van der Waals surface area contributed by atoms with E-state index in [2.05, 4.69) is 18.2 Å². The molecule has 0 aliphatic carbocycles. The van der Waals surface area contributed by atoms with Gasteiger partial charge >= 0.3 is 11.9 Å². The number of hydrogen-bond donors (Lipinski definition) is 0. The number of hydrogen-bond acceptors (Lipinski definition) is 4. The van der Waals surface area contributed by atoms with Gasteiger partial charge in [0.1, 0.15) is 0 Å². The highest BCUT2D eigenvalue weighted by Crippen LogP contribution is 1.96. The molecule has 15 heavy (non-hydrogen) atoms. The maximum atomic E-state index is 11.0. The Hall–Kier alpha value is -1.32. The van der Waals surface area contributed by atoms with Crippen LogP contribution in [0.3, 0.4) is 0 Å². The summed E-state index contributed by atoms with van der Waals surface area (Å²) in [6, 6.07) is 0. The van der Waals surface area contributed by atoms with Crippen molar-refractivity contribution in [2.24, 2.45) is 0 Å². The zero-order valence-electron chi connectivity index (χ0n) is 9.38. The van der Waals surface area contributed by atoms with Crippen LogP contribution in [0.15, 0.2) is 12.2 Å². The minimum atomic E-state index is -0.569. The van der Waals surface area contributed by atoms with E-state index in [4.69, 9.17) is 4.74 Å². The molecule has 0 amide bonds. The molecule has 0 fully saturated rings. The molecule has 0 rings (SSSR count). The molecule has 0 aliphatic heterocycles. The summed E-state index contributed by atoms with van der Waals surface area (Å²) in [6.07, 6.45) is 2.94. The first-order valence-electron chi connectivity index (χ1n) is 5.06. The highest BCUT2D eigenvalue weighted by molar-refractivity contribution is 5.88. The third kappa shape index (κ3) is 7.73. The van der Waals surface area contributed by atoms with Gasteiger partial charge in [-0.25, -0.2) is 9.59 Å². The lowest BCUT2D eigenvalue weighted by Crippen LogP contribution is -2.17. The zero-order chi connectivity index (χ0) is 11.7. The van der Waals surface area contributed by atoms with E-state index in [1.165, 1.54) is 6.92 Å². The van der Waals surface area contributed by atoms with E-state index < -0.39 is 11.9 Å². The third-order valence-corrected chi connectivity index (χ3v) is 1.68. The SMILES string of the molecule is C=C(C)C(=O)OCC(=O)OCCCCC. The number of carbonyl (C=O) groups is 2. The van der Waals surface area contributed by atoms with E-state index in [1.54, 1.807) is 0 Å². The summed E-state index contributed by atoms with van der Waals surface area (Å²) in [5.41, 5.74) is 0.272. The van der Waals surface area contributed by atoms with E-state index in [1.807, 2.05) is 0 Å². The molecule has 0 N–H and O–H groups in total. The second kappa shape index (κ2) is 8.03. The number of carbonyl (C=O) groups excluding carboxylic acids is 2. The minimum Gasteiger partial charge on any atom is -0.463 e. The standard InChI is InChI=1S/C11H18O4/c1-4-5-6-7-14-10(12)8-15-11(13)9(2)3/h2,4-8H2,1,3H3. The highest BCUT2D eigenvalue weighted by atomic mass is 16.6. The Labute approximate surface area is 90.2 Å². The van der Waals surface area contributed by atoms with Gasteiger partial charge in [-0.1, -0.05) is 26.3 Å². The number of rotatable bonds is 7. The van der Waals surface area contributed by atoms with Crippen molar-refractivity contribution < 1.29 is 19.1 Å². The Morgan fingerprint density at radius 3 is 2.40 bits per heavy atom. The zero-order valence-corrected chi connectivity index (χ0v) is 9.38. The van der Waals surface area contributed by atoms with E-state index in [-0.39, 0.29) is 12.2 Å². The Kier molecular flexibility index (Phi) is 7.32. The van der Waals surface area contributed by atoms with Gasteiger partial charge < -0.3 is 9.47 Å². The van der Waals surface area contributed by atoms with Crippen molar-refractivity contribution >= 4 is 11.9 Å². The predicted octanol–water partition coefficient (Wildman–Crippen LogP) is 1.84. The van der Waals surface area contributed by atoms with E-state index in [0.29, 0.717) is 6.61 Å². The summed E-state index contributed by atoms with van der Waals surface area (Å²) in [4.78, 5) is 21.9. The molecule has 0 aliphatic rings. The molecule has 0 saturated carbocycles. The van der Waals surface area contributed by atoms with Crippen LogP contribution in [0.4, 0.5) is 0 Å². The number of ether oxygens (including phenoxy) is 2. The first kappa shape index (κ1) is 13.7. The molecule has 0 aromatic heterocycles. The normalized spacial score (nSPS) is 9.47. The average Bonchev–Trinajstić information content (AvgIpc) is 2.20. The van der Waals surface area contributed by atoms with Gasteiger partial charge in [0.15, 0.2) is 6.61 Å². The number of unbranched alkanes of at least 4 members (excludes halogenated alkanes) is 2. The van der Waals surface area contributed by atoms with Crippen molar-refractivity contribution in [3.63, 3.8) is 0 Å². The second-order valence-electron chi connectivity index (χ2n) is 3.28. The first-order valence-corrected chi connectivity index (χ1v) is 5.06. The van der Waals surface area contributed by atoms with Crippen molar-refractivity contribution in [1.29, 1.82) is 0 Å². The van der Waals surface area contributed by atoms with Crippen LogP contribution in [-0.2, 0) is 19.1 Å². The van der Waals surface area contributed by atoms with Gasteiger partial charge in [0.2, 0.25) is 0 Å². The van der Waals surface area contributed by atoms with Crippen LogP contribution in [0.2, 0.25) is 0 Å². The molecule has 0 spiro atoms. The van der Waals surface area contributed by atoms with E-state index >= 15 is 0 Å². The molecule has 0 atom stereocenters. The molecular formula is C11H18O4. The Bertz CT molecular complexity index is 233. The molecule has 0 radical (unpaired) electrons. The summed E-state index contributed by atoms with van der Waals surface area (Å²) < 4.78 is 9.44. The summed E-state index contributed by atoms with van der Waals surface area (Å²) in [7, 11) is 0. The summed E-state index contributed by atoms with van der Waals surface area (Å²) >= 11 is 0. The van der Waals surface area contributed by atoms with Gasteiger partial charge in [-0.3, -0.25) is 0 Å². The summed E-state index contributed by atoms with van der Waals surface area (Å²) in [6.45, 7) is 7.03. The molecule has 4 nitrogen and oxygen atoms in total. The molecule has 86 valence electrons. The predicted molar refractivity (Wildman–Crippen MR) is 56.3 cm³/mol. The Morgan fingerprint density at radius 1 is 1.20 bits per heavy atom. The van der Waals surface area contributed by atoms with Crippen LogP contribution < -0.4 is 0 Å². The molecule has 0 saturated heterocycles. The van der Waals surface area contributed by atoms with Crippen LogP contribution in [0, 0.1) is 0 Å². The molecule has 0 heterocycles. The van der Waals surface area contributed by atoms with Crippen LogP contribution in [0.25, 0.3) is 0 Å². The topological polar surface area (TPSA) is 52.6 Å².